The number of hydrogen-bond donors (Lipinski definition) is 1. The Balaban J connectivity index is 2.14. The van der Waals surface area contributed by atoms with Gasteiger partial charge in [0.05, 0.1) is 15.2 Å². The van der Waals surface area contributed by atoms with Crippen LogP contribution in [-0.4, -0.2) is 10.9 Å². The van der Waals surface area contributed by atoms with E-state index < -0.39 is 0 Å². The number of amides is 1. The van der Waals surface area contributed by atoms with Gasteiger partial charge in [0.1, 0.15) is 0 Å². The molecule has 1 atom stereocenters. The third-order valence-corrected chi connectivity index (χ3v) is 3.87. The number of thiazole rings is 1. The lowest BCUT2D eigenvalue weighted by Crippen LogP contribution is -2.20. The Morgan fingerprint density at radius 2 is 2.28 bits per heavy atom. The third-order valence-electron chi connectivity index (χ3n) is 2.93. The molecule has 18 heavy (non-hydrogen) atoms. The van der Waals surface area contributed by atoms with Crippen LogP contribution in [0.1, 0.15) is 31.7 Å². The summed E-state index contributed by atoms with van der Waals surface area (Å²) in [5, 5.41) is 4.02. The summed E-state index contributed by atoms with van der Waals surface area (Å²) in [5.41, 5.74) is 1.86. The molecule has 0 saturated heterocycles. The van der Waals surface area contributed by atoms with Crippen LogP contribution in [0.4, 0.5) is 5.69 Å². The molecule has 0 aliphatic rings. The van der Waals surface area contributed by atoms with Crippen LogP contribution in [-0.2, 0) is 4.79 Å². The van der Waals surface area contributed by atoms with Crippen LogP contribution in [0.3, 0.4) is 0 Å². The monoisotopic (exact) mass is 262 g/mol. The smallest absolute Gasteiger partial charge is 0.227 e. The van der Waals surface area contributed by atoms with E-state index in [-0.39, 0.29) is 11.8 Å². The second kappa shape index (κ2) is 5.48. The number of rotatable bonds is 4. The lowest BCUT2D eigenvalue weighted by Gasteiger charge is -2.10. The minimum Gasteiger partial charge on any atom is -0.326 e. The van der Waals surface area contributed by atoms with Gasteiger partial charge in [0.15, 0.2) is 0 Å². The molecule has 0 unspecified atom stereocenters. The summed E-state index contributed by atoms with van der Waals surface area (Å²) in [5.74, 6) is 0.159. The first kappa shape index (κ1) is 13.0. The number of aromatic nitrogens is 1. The molecule has 2 aromatic rings. The Kier molecular flexibility index (Phi) is 3.97. The van der Waals surface area contributed by atoms with Gasteiger partial charge >= 0.3 is 0 Å². The summed E-state index contributed by atoms with van der Waals surface area (Å²) in [6, 6.07) is 5.87. The van der Waals surface area contributed by atoms with E-state index in [1.807, 2.05) is 32.0 Å². The molecule has 2 rings (SSSR count). The van der Waals surface area contributed by atoms with Gasteiger partial charge in [0.25, 0.3) is 0 Å². The Morgan fingerprint density at radius 3 is 3.00 bits per heavy atom. The minimum absolute atomic E-state index is 0.0638. The first-order chi connectivity index (χ1) is 8.60. The van der Waals surface area contributed by atoms with E-state index in [0.29, 0.717) is 0 Å². The Labute approximate surface area is 111 Å². The maximum absolute atomic E-state index is 11.9. The number of benzene rings is 1. The predicted molar refractivity (Wildman–Crippen MR) is 77.1 cm³/mol. The highest BCUT2D eigenvalue weighted by molar-refractivity contribution is 7.18. The normalized spacial score (nSPS) is 12.6. The van der Waals surface area contributed by atoms with Crippen molar-refractivity contribution in [1.82, 2.24) is 4.98 Å². The van der Waals surface area contributed by atoms with Crippen molar-refractivity contribution in [2.75, 3.05) is 5.32 Å². The third kappa shape index (κ3) is 2.88. The standard InChI is InChI=1S/C14H18N2OS/c1-4-5-9(2)14(17)16-11-6-7-12-13(8-11)18-10(3)15-12/h6-9H,4-5H2,1-3H3,(H,16,17)/t9-/m1/s1. The Hall–Kier alpha value is -1.42. The fourth-order valence-electron chi connectivity index (χ4n) is 1.95. The van der Waals surface area contributed by atoms with Crippen molar-refractivity contribution in [2.45, 2.75) is 33.6 Å². The van der Waals surface area contributed by atoms with Gasteiger partial charge in [-0.2, -0.15) is 0 Å². The molecule has 3 nitrogen and oxygen atoms in total. The second-order valence-electron chi connectivity index (χ2n) is 4.59. The number of nitrogens with zero attached hydrogens (tertiary/aromatic N) is 1. The zero-order valence-corrected chi connectivity index (χ0v) is 11.8. The summed E-state index contributed by atoms with van der Waals surface area (Å²) in [6.07, 6.45) is 1.95. The first-order valence-corrected chi connectivity index (χ1v) is 7.10. The van der Waals surface area contributed by atoms with E-state index >= 15 is 0 Å². The van der Waals surface area contributed by atoms with E-state index in [9.17, 15) is 4.79 Å². The van der Waals surface area contributed by atoms with Crippen LogP contribution in [0.15, 0.2) is 18.2 Å². The molecule has 0 aliphatic heterocycles. The zero-order valence-electron chi connectivity index (χ0n) is 11.0. The molecule has 1 heterocycles. The second-order valence-corrected chi connectivity index (χ2v) is 5.83. The van der Waals surface area contributed by atoms with Crippen LogP contribution in [0.5, 0.6) is 0 Å². The Morgan fingerprint density at radius 1 is 1.50 bits per heavy atom. The topological polar surface area (TPSA) is 42.0 Å². The largest absolute Gasteiger partial charge is 0.326 e. The van der Waals surface area contributed by atoms with Crippen LogP contribution in [0, 0.1) is 12.8 Å². The number of nitrogens with one attached hydrogen (secondary N) is 1. The molecule has 1 amide bonds. The van der Waals surface area contributed by atoms with Gasteiger partial charge in [0.2, 0.25) is 5.91 Å². The van der Waals surface area contributed by atoms with Crippen molar-refractivity contribution >= 4 is 33.1 Å². The fraction of sp³-hybridized carbons (Fsp3) is 0.429. The van der Waals surface area contributed by atoms with Crippen molar-refractivity contribution in [3.63, 3.8) is 0 Å². The summed E-state index contributed by atoms with van der Waals surface area (Å²) in [7, 11) is 0. The number of fused-ring (bicyclic) bond motifs is 1. The molecule has 1 aromatic carbocycles. The van der Waals surface area contributed by atoms with E-state index in [0.717, 1.165) is 33.8 Å². The van der Waals surface area contributed by atoms with Gasteiger partial charge in [0, 0.05) is 11.6 Å². The number of aryl methyl sites for hydroxylation is 1. The maximum Gasteiger partial charge on any atom is 0.227 e. The quantitative estimate of drug-likeness (QED) is 0.905. The number of hydrogen-bond acceptors (Lipinski definition) is 3. The molecule has 0 aliphatic carbocycles. The van der Waals surface area contributed by atoms with Crippen LogP contribution in [0.25, 0.3) is 10.2 Å². The molecule has 1 N–H and O–H groups in total. The number of carbonyl (C=O) groups is 1. The van der Waals surface area contributed by atoms with Crippen molar-refractivity contribution in [3.05, 3.63) is 23.2 Å². The van der Waals surface area contributed by atoms with Gasteiger partial charge < -0.3 is 5.32 Å². The minimum atomic E-state index is 0.0638. The average Bonchev–Trinajstić information content (AvgIpc) is 2.68. The summed E-state index contributed by atoms with van der Waals surface area (Å²) < 4.78 is 1.12. The van der Waals surface area contributed by atoms with Gasteiger partial charge in [-0.15, -0.1) is 11.3 Å². The van der Waals surface area contributed by atoms with Crippen molar-refractivity contribution < 1.29 is 4.79 Å². The van der Waals surface area contributed by atoms with Crippen molar-refractivity contribution in [2.24, 2.45) is 5.92 Å². The molecule has 0 fully saturated rings. The van der Waals surface area contributed by atoms with Crippen LogP contribution >= 0.6 is 11.3 Å². The maximum atomic E-state index is 11.9. The molecule has 1 aromatic heterocycles. The van der Waals surface area contributed by atoms with Gasteiger partial charge in [-0.3, -0.25) is 4.79 Å². The van der Waals surface area contributed by atoms with Crippen LogP contribution < -0.4 is 5.32 Å². The highest BCUT2D eigenvalue weighted by Gasteiger charge is 2.12. The van der Waals surface area contributed by atoms with Crippen molar-refractivity contribution in [1.29, 1.82) is 0 Å². The van der Waals surface area contributed by atoms with E-state index in [2.05, 4.69) is 17.2 Å². The molecule has 96 valence electrons. The molecular formula is C14H18N2OS. The lowest BCUT2D eigenvalue weighted by molar-refractivity contribution is -0.119. The zero-order chi connectivity index (χ0) is 13.1. The lowest BCUT2D eigenvalue weighted by atomic mass is 10.1. The SMILES string of the molecule is CCC[C@@H](C)C(=O)Nc1ccc2nc(C)sc2c1. The predicted octanol–water partition coefficient (Wildman–Crippen LogP) is 3.98. The number of carbonyl (C=O) groups excluding carboxylic acids is 1. The first-order valence-electron chi connectivity index (χ1n) is 6.28. The highest BCUT2D eigenvalue weighted by Crippen LogP contribution is 2.25. The Bertz CT molecular complexity index is 562. The van der Waals surface area contributed by atoms with Crippen molar-refractivity contribution in [3.8, 4) is 0 Å². The summed E-state index contributed by atoms with van der Waals surface area (Å²) >= 11 is 1.65. The van der Waals surface area contributed by atoms with E-state index in [1.54, 1.807) is 11.3 Å². The highest BCUT2D eigenvalue weighted by atomic mass is 32.1. The van der Waals surface area contributed by atoms with Crippen LogP contribution in [0.2, 0.25) is 0 Å². The molecule has 0 bridgehead atoms. The molecule has 0 saturated carbocycles. The summed E-state index contributed by atoms with van der Waals surface area (Å²) in [6.45, 7) is 6.05. The molecule has 0 spiro atoms. The summed E-state index contributed by atoms with van der Waals surface area (Å²) in [4.78, 5) is 16.3. The van der Waals surface area contributed by atoms with Gasteiger partial charge in [-0.25, -0.2) is 4.98 Å². The molecular weight excluding hydrogens is 244 g/mol. The number of anilines is 1. The molecule has 0 radical (unpaired) electrons. The fourth-order valence-corrected chi connectivity index (χ4v) is 2.81. The average molecular weight is 262 g/mol. The van der Waals surface area contributed by atoms with Gasteiger partial charge in [-0.05, 0) is 31.5 Å². The molecule has 4 heteroatoms. The van der Waals surface area contributed by atoms with E-state index in [4.69, 9.17) is 0 Å². The van der Waals surface area contributed by atoms with Gasteiger partial charge in [-0.1, -0.05) is 20.3 Å². The van der Waals surface area contributed by atoms with E-state index in [1.165, 1.54) is 0 Å².